The number of thiophene rings is 1. The van der Waals surface area contributed by atoms with E-state index in [0.717, 1.165) is 0 Å². The molecule has 2 heterocycles. The fourth-order valence-corrected chi connectivity index (χ4v) is 4.47. The number of benzene rings is 2. The van der Waals surface area contributed by atoms with Crippen LogP contribution in [0.4, 0.5) is 15.8 Å². The monoisotopic (exact) mass is 468 g/mol. The van der Waals surface area contributed by atoms with Crippen LogP contribution in [0.25, 0.3) is 10.1 Å². The molecule has 8 nitrogen and oxygen atoms in total. The molecular weight excluding hydrogens is 447 g/mol. The molecule has 4 aromatic rings. The highest BCUT2D eigenvalue weighted by Crippen LogP contribution is 2.34. The molecule has 0 spiro atoms. The first kappa shape index (κ1) is 22.4. The predicted molar refractivity (Wildman–Crippen MR) is 124 cm³/mol. The number of nitrogens with one attached hydrogen (secondary N) is 2. The van der Waals surface area contributed by atoms with Crippen LogP contribution in [0.2, 0.25) is 0 Å². The molecule has 2 N–H and O–H groups in total. The first-order chi connectivity index (χ1) is 16.0. The molecule has 0 radical (unpaired) electrons. The van der Waals surface area contributed by atoms with Gasteiger partial charge in [-0.15, -0.1) is 11.3 Å². The lowest BCUT2D eigenvalue weighted by Gasteiger charge is -2.06. The van der Waals surface area contributed by atoms with E-state index in [-0.39, 0.29) is 19.1 Å². The number of rotatable bonds is 8. The summed E-state index contributed by atoms with van der Waals surface area (Å²) < 4.78 is 26.7. The maximum absolute atomic E-state index is 14.4. The minimum Gasteiger partial charge on any atom is -0.497 e. The number of halogens is 1. The second-order valence-electron chi connectivity index (χ2n) is 7.11. The van der Waals surface area contributed by atoms with Crippen molar-refractivity contribution in [1.82, 2.24) is 9.78 Å². The molecular formula is C23H21FN4O4S. The minimum absolute atomic E-state index is 0.0368. The summed E-state index contributed by atoms with van der Waals surface area (Å²) in [6, 6.07) is 11.7. The summed E-state index contributed by atoms with van der Waals surface area (Å²) in [7, 11) is 3.06. The van der Waals surface area contributed by atoms with Crippen molar-refractivity contribution in [3.63, 3.8) is 0 Å². The molecule has 0 atom stereocenters. The topological polar surface area (TPSA) is 94.5 Å². The number of methoxy groups -OCH3 is 2. The quantitative estimate of drug-likeness (QED) is 0.403. The molecule has 0 bridgehead atoms. The Morgan fingerprint density at radius 3 is 2.61 bits per heavy atom. The molecule has 170 valence electrons. The Hall–Kier alpha value is -3.76. The summed E-state index contributed by atoms with van der Waals surface area (Å²) in [6.45, 7) is 0.0689. The number of fused-ring (bicyclic) bond motifs is 1. The zero-order chi connectivity index (χ0) is 23.4. The number of hydrogen-bond acceptors (Lipinski definition) is 6. The van der Waals surface area contributed by atoms with Gasteiger partial charge in [0, 0.05) is 34.6 Å². The van der Waals surface area contributed by atoms with E-state index in [4.69, 9.17) is 9.47 Å². The van der Waals surface area contributed by atoms with Gasteiger partial charge in [0.2, 0.25) is 5.91 Å². The number of carbonyl (C=O) groups excluding carboxylic acids is 2. The average molecular weight is 469 g/mol. The van der Waals surface area contributed by atoms with E-state index in [1.54, 1.807) is 49.7 Å². The zero-order valence-corrected chi connectivity index (χ0v) is 18.7. The van der Waals surface area contributed by atoms with Gasteiger partial charge in [-0.2, -0.15) is 5.10 Å². The highest BCUT2D eigenvalue weighted by atomic mass is 32.1. The van der Waals surface area contributed by atoms with Crippen molar-refractivity contribution in [2.24, 2.45) is 0 Å². The van der Waals surface area contributed by atoms with Crippen LogP contribution in [0, 0.1) is 5.82 Å². The van der Waals surface area contributed by atoms with Crippen molar-refractivity contribution in [2.45, 2.75) is 13.2 Å². The molecule has 0 saturated heterocycles. The molecule has 0 aliphatic rings. The number of amides is 2. The Balaban J connectivity index is 1.44. The van der Waals surface area contributed by atoms with Gasteiger partial charge in [-0.25, -0.2) is 4.39 Å². The Morgan fingerprint density at radius 1 is 1.09 bits per heavy atom. The van der Waals surface area contributed by atoms with Crippen LogP contribution in [0.1, 0.15) is 15.2 Å². The Morgan fingerprint density at radius 2 is 1.88 bits per heavy atom. The van der Waals surface area contributed by atoms with E-state index >= 15 is 0 Å². The van der Waals surface area contributed by atoms with E-state index in [9.17, 15) is 14.0 Å². The second kappa shape index (κ2) is 9.80. The number of ether oxygens (including phenoxy) is 2. The van der Waals surface area contributed by atoms with Crippen LogP contribution in [-0.2, 0) is 22.7 Å². The van der Waals surface area contributed by atoms with Crippen LogP contribution in [-0.4, -0.2) is 35.8 Å². The lowest BCUT2D eigenvalue weighted by Crippen LogP contribution is -2.19. The van der Waals surface area contributed by atoms with E-state index in [0.29, 0.717) is 37.7 Å². The fourth-order valence-electron chi connectivity index (χ4n) is 3.36. The largest absolute Gasteiger partial charge is 0.497 e. The summed E-state index contributed by atoms with van der Waals surface area (Å²) in [5.74, 6) is -0.380. The highest BCUT2D eigenvalue weighted by Gasteiger charge is 2.21. The molecule has 0 unspecified atom stereocenters. The Kier molecular flexibility index (Phi) is 6.66. The maximum atomic E-state index is 14.4. The van der Waals surface area contributed by atoms with E-state index in [1.807, 2.05) is 0 Å². The van der Waals surface area contributed by atoms with Crippen LogP contribution >= 0.6 is 11.3 Å². The Bertz CT molecular complexity index is 1300. The number of anilines is 2. The van der Waals surface area contributed by atoms with Crippen molar-refractivity contribution < 1.29 is 23.5 Å². The SMILES string of the molecule is COCc1c(C(=O)Nc2cnn(CC(=O)Nc3ccc(OC)cc3)c2)sc2cccc(F)c12. The van der Waals surface area contributed by atoms with Gasteiger partial charge in [0.25, 0.3) is 5.91 Å². The van der Waals surface area contributed by atoms with Crippen molar-refractivity contribution in [3.8, 4) is 5.75 Å². The van der Waals surface area contributed by atoms with Gasteiger partial charge < -0.3 is 20.1 Å². The first-order valence-electron chi connectivity index (χ1n) is 9.95. The Labute approximate surface area is 192 Å². The van der Waals surface area contributed by atoms with Gasteiger partial charge in [0.05, 0.1) is 30.5 Å². The minimum atomic E-state index is -0.398. The number of aromatic nitrogens is 2. The molecule has 2 aromatic heterocycles. The molecule has 2 aromatic carbocycles. The number of nitrogens with zero attached hydrogens (tertiary/aromatic N) is 2. The third kappa shape index (κ3) is 5.02. The standard InChI is InChI=1S/C23H21FN4O4S/c1-31-13-17-21-18(24)4-3-5-19(21)33-22(17)23(30)27-15-10-25-28(11-15)12-20(29)26-14-6-8-16(32-2)9-7-14/h3-11H,12-13H2,1-2H3,(H,26,29)(H,27,30). The molecule has 0 aliphatic carbocycles. The van der Waals surface area contributed by atoms with Gasteiger partial charge >= 0.3 is 0 Å². The van der Waals surface area contributed by atoms with E-state index < -0.39 is 11.7 Å². The molecule has 2 amide bonds. The van der Waals surface area contributed by atoms with Crippen molar-refractivity contribution in [1.29, 1.82) is 0 Å². The lowest BCUT2D eigenvalue weighted by atomic mass is 10.1. The van der Waals surface area contributed by atoms with Gasteiger partial charge in [0.1, 0.15) is 18.1 Å². The first-order valence-corrected chi connectivity index (χ1v) is 10.8. The highest BCUT2D eigenvalue weighted by molar-refractivity contribution is 7.21. The molecule has 0 saturated carbocycles. The summed E-state index contributed by atoms with van der Waals surface area (Å²) in [4.78, 5) is 25.6. The summed E-state index contributed by atoms with van der Waals surface area (Å²) in [6.07, 6.45) is 3.00. The van der Waals surface area contributed by atoms with E-state index in [2.05, 4.69) is 15.7 Å². The van der Waals surface area contributed by atoms with Crippen molar-refractivity contribution in [2.75, 3.05) is 24.9 Å². The molecule has 10 heteroatoms. The third-order valence-electron chi connectivity index (χ3n) is 4.83. The third-order valence-corrected chi connectivity index (χ3v) is 6.02. The normalized spacial score (nSPS) is 10.9. The van der Waals surface area contributed by atoms with Gasteiger partial charge in [0.15, 0.2) is 0 Å². The summed E-state index contributed by atoms with van der Waals surface area (Å²) >= 11 is 1.19. The van der Waals surface area contributed by atoms with Crippen LogP contribution in [0.5, 0.6) is 5.75 Å². The van der Waals surface area contributed by atoms with E-state index in [1.165, 1.54) is 35.4 Å². The van der Waals surface area contributed by atoms with Crippen LogP contribution in [0.15, 0.2) is 54.9 Å². The second-order valence-corrected chi connectivity index (χ2v) is 8.17. The van der Waals surface area contributed by atoms with Gasteiger partial charge in [-0.05, 0) is 36.4 Å². The smallest absolute Gasteiger partial charge is 0.266 e. The number of hydrogen-bond donors (Lipinski definition) is 2. The predicted octanol–water partition coefficient (Wildman–Crippen LogP) is 4.28. The zero-order valence-electron chi connectivity index (χ0n) is 17.9. The molecule has 0 fully saturated rings. The summed E-state index contributed by atoms with van der Waals surface area (Å²) in [5.41, 5.74) is 1.54. The summed E-state index contributed by atoms with van der Waals surface area (Å²) in [5, 5.41) is 10.0. The molecule has 4 rings (SSSR count). The molecule has 33 heavy (non-hydrogen) atoms. The average Bonchev–Trinajstić information content (AvgIpc) is 3.39. The molecule has 0 aliphatic heterocycles. The van der Waals surface area contributed by atoms with Crippen LogP contribution < -0.4 is 15.4 Å². The lowest BCUT2D eigenvalue weighted by molar-refractivity contribution is -0.116. The fraction of sp³-hybridized carbons (Fsp3) is 0.174. The maximum Gasteiger partial charge on any atom is 0.266 e. The van der Waals surface area contributed by atoms with Gasteiger partial charge in [-0.3, -0.25) is 14.3 Å². The number of carbonyl (C=O) groups is 2. The van der Waals surface area contributed by atoms with Crippen LogP contribution in [0.3, 0.4) is 0 Å². The van der Waals surface area contributed by atoms with Crippen molar-refractivity contribution in [3.05, 3.63) is 71.1 Å². The van der Waals surface area contributed by atoms with Gasteiger partial charge in [-0.1, -0.05) is 6.07 Å². The van der Waals surface area contributed by atoms with Crippen molar-refractivity contribution >= 4 is 44.6 Å².